The lowest BCUT2D eigenvalue weighted by Crippen LogP contribution is -2.29. The molecule has 0 aliphatic rings. The van der Waals surface area contributed by atoms with E-state index >= 15 is 0 Å². The summed E-state index contributed by atoms with van der Waals surface area (Å²) in [6, 6.07) is 12.2. The van der Waals surface area contributed by atoms with Gasteiger partial charge in [-0.3, -0.25) is 4.79 Å². The van der Waals surface area contributed by atoms with Gasteiger partial charge in [0, 0.05) is 12.1 Å². The molecule has 0 heterocycles. The molecular weight excluding hydrogens is 269 g/mol. The van der Waals surface area contributed by atoms with Crippen LogP contribution in [-0.4, -0.2) is 12.5 Å². The van der Waals surface area contributed by atoms with Crippen LogP contribution in [0.3, 0.4) is 0 Å². The van der Waals surface area contributed by atoms with Crippen LogP contribution < -0.4 is 10.1 Å². The fourth-order valence-electron chi connectivity index (χ4n) is 2.05. The molecular formula is C17H18FNO2. The molecule has 0 aromatic heterocycles. The predicted octanol–water partition coefficient (Wildman–Crippen LogP) is 3.14. The minimum absolute atomic E-state index is 0.0832. The quantitative estimate of drug-likeness (QED) is 0.917. The Bertz CT molecular complexity index is 620. The zero-order chi connectivity index (χ0) is 15.2. The number of rotatable bonds is 5. The first kappa shape index (κ1) is 15.0. The van der Waals surface area contributed by atoms with Gasteiger partial charge in [0.1, 0.15) is 11.6 Å². The predicted molar refractivity (Wildman–Crippen MR) is 79.7 cm³/mol. The minimum Gasteiger partial charge on any atom is -0.483 e. The number of hydrogen-bond acceptors (Lipinski definition) is 2. The second kappa shape index (κ2) is 6.88. The summed E-state index contributed by atoms with van der Waals surface area (Å²) < 4.78 is 19.0. The van der Waals surface area contributed by atoms with Gasteiger partial charge >= 0.3 is 0 Å². The molecule has 0 radical (unpaired) electrons. The maximum Gasteiger partial charge on any atom is 0.258 e. The van der Waals surface area contributed by atoms with Gasteiger partial charge in [0.2, 0.25) is 0 Å². The second-order valence-electron chi connectivity index (χ2n) is 4.88. The highest BCUT2D eigenvalue weighted by molar-refractivity contribution is 5.77. The van der Waals surface area contributed by atoms with Gasteiger partial charge in [0.25, 0.3) is 5.91 Å². The van der Waals surface area contributed by atoms with E-state index in [2.05, 4.69) is 5.32 Å². The molecule has 3 nitrogen and oxygen atoms in total. The number of amides is 1. The van der Waals surface area contributed by atoms with E-state index < -0.39 is 0 Å². The van der Waals surface area contributed by atoms with Crippen molar-refractivity contribution in [2.75, 3.05) is 6.61 Å². The van der Waals surface area contributed by atoms with Gasteiger partial charge in [-0.05, 0) is 31.0 Å². The van der Waals surface area contributed by atoms with Crippen molar-refractivity contribution in [1.82, 2.24) is 5.32 Å². The normalized spacial score (nSPS) is 10.2. The van der Waals surface area contributed by atoms with Gasteiger partial charge in [-0.2, -0.15) is 0 Å². The van der Waals surface area contributed by atoms with Gasteiger partial charge in [0.15, 0.2) is 6.61 Å². The Morgan fingerprint density at radius 2 is 1.76 bits per heavy atom. The molecule has 0 fully saturated rings. The summed E-state index contributed by atoms with van der Waals surface area (Å²) in [7, 11) is 0. The van der Waals surface area contributed by atoms with Gasteiger partial charge in [-0.25, -0.2) is 4.39 Å². The molecule has 2 rings (SSSR count). The third-order valence-corrected chi connectivity index (χ3v) is 3.19. The largest absolute Gasteiger partial charge is 0.483 e. The van der Waals surface area contributed by atoms with E-state index in [4.69, 9.17) is 4.74 Å². The van der Waals surface area contributed by atoms with Gasteiger partial charge in [-0.15, -0.1) is 0 Å². The first-order chi connectivity index (χ1) is 10.1. The van der Waals surface area contributed by atoms with Crippen molar-refractivity contribution < 1.29 is 13.9 Å². The van der Waals surface area contributed by atoms with Crippen LogP contribution in [0.15, 0.2) is 42.5 Å². The summed E-state index contributed by atoms with van der Waals surface area (Å²) in [6.07, 6.45) is 0. The highest BCUT2D eigenvalue weighted by Crippen LogP contribution is 2.21. The lowest BCUT2D eigenvalue weighted by atomic mass is 10.1. The molecule has 0 aliphatic heterocycles. The molecule has 0 unspecified atom stereocenters. The van der Waals surface area contributed by atoms with E-state index in [-0.39, 0.29) is 24.9 Å². The van der Waals surface area contributed by atoms with Crippen LogP contribution in [0.5, 0.6) is 5.75 Å². The van der Waals surface area contributed by atoms with Crippen molar-refractivity contribution in [3.63, 3.8) is 0 Å². The van der Waals surface area contributed by atoms with E-state index in [0.717, 1.165) is 16.9 Å². The Morgan fingerprint density at radius 3 is 2.43 bits per heavy atom. The molecule has 0 spiro atoms. The molecule has 0 bridgehead atoms. The zero-order valence-electron chi connectivity index (χ0n) is 12.2. The SMILES string of the molecule is Cc1cccc(C)c1OCC(=O)NCc1ccccc1F. The molecule has 2 aromatic carbocycles. The molecule has 0 saturated heterocycles. The first-order valence-corrected chi connectivity index (χ1v) is 6.77. The minimum atomic E-state index is -0.325. The number of ether oxygens (including phenoxy) is 1. The van der Waals surface area contributed by atoms with Crippen molar-refractivity contribution in [1.29, 1.82) is 0 Å². The van der Waals surface area contributed by atoms with Crippen LogP contribution in [-0.2, 0) is 11.3 Å². The van der Waals surface area contributed by atoms with Gasteiger partial charge in [0.05, 0.1) is 0 Å². The lowest BCUT2D eigenvalue weighted by molar-refractivity contribution is -0.123. The number of halogens is 1. The summed E-state index contributed by atoms with van der Waals surface area (Å²) in [6.45, 7) is 3.93. The molecule has 0 atom stereocenters. The van der Waals surface area contributed by atoms with Crippen LogP contribution in [0.1, 0.15) is 16.7 Å². The molecule has 1 amide bonds. The maximum atomic E-state index is 13.4. The van der Waals surface area contributed by atoms with Crippen molar-refractivity contribution in [2.24, 2.45) is 0 Å². The van der Waals surface area contributed by atoms with E-state index in [0.29, 0.717) is 5.56 Å². The third kappa shape index (κ3) is 4.05. The zero-order valence-corrected chi connectivity index (χ0v) is 12.2. The van der Waals surface area contributed by atoms with Crippen LogP contribution >= 0.6 is 0 Å². The van der Waals surface area contributed by atoms with Crippen LogP contribution in [0, 0.1) is 19.7 Å². The van der Waals surface area contributed by atoms with Crippen LogP contribution in [0.2, 0.25) is 0 Å². The summed E-state index contributed by atoms with van der Waals surface area (Å²) in [5.74, 6) is 0.118. The number of carbonyl (C=O) groups excluding carboxylic acids is 1. The monoisotopic (exact) mass is 287 g/mol. The third-order valence-electron chi connectivity index (χ3n) is 3.19. The highest BCUT2D eigenvalue weighted by atomic mass is 19.1. The fraction of sp³-hybridized carbons (Fsp3) is 0.235. The highest BCUT2D eigenvalue weighted by Gasteiger charge is 2.08. The molecule has 21 heavy (non-hydrogen) atoms. The standard InChI is InChI=1S/C17H18FNO2/c1-12-6-5-7-13(2)17(12)21-11-16(20)19-10-14-8-3-4-9-15(14)18/h3-9H,10-11H2,1-2H3,(H,19,20). The molecule has 2 aromatic rings. The number of para-hydroxylation sites is 1. The van der Waals surface area contributed by atoms with Crippen molar-refractivity contribution in [3.05, 3.63) is 65.0 Å². The summed E-state index contributed by atoms with van der Waals surface area (Å²) in [5, 5.41) is 2.65. The molecule has 0 aliphatic carbocycles. The Morgan fingerprint density at radius 1 is 1.10 bits per heavy atom. The van der Waals surface area contributed by atoms with E-state index in [1.54, 1.807) is 18.2 Å². The smallest absolute Gasteiger partial charge is 0.258 e. The fourth-order valence-corrected chi connectivity index (χ4v) is 2.05. The maximum absolute atomic E-state index is 13.4. The number of carbonyl (C=O) groups is 1. The Hall–Kier alpha value is -2.36. The molecule has 4 heteroatoms. The van der Waals surface area contributed by atoms with Crippen LogP contribution in [0.25, 0.3) is 0 Å². The molecule has 1 N–H and O–H groups in total. The van der Waals surface area contributed by atoms with E-state index in [1.807, 2.05) is 32.0 Å². The van der Waals surface area contributed by atoms with Crippen molar-refractivity contribution in [2.45, 2.75) is 20.4 Å². The summed E-state index contributed by atoms with van der Waals surface area (Å²) in [5.41, 5.74) is 2.42. The number of aryl methyl sites for hydroxylation is 2. The number of nitrogens with one attached hydrogen (secondary N) is 1. The van der Waals surface area contributed by atoms with Crippen LogP contribution in [0.4, 0.5) is 4.39 Å². The van der Waals surface area contributed by atoms with Crippen molar-refractivity contribution in [3.8, 4) is 5.75 Å². The second-order valence-corrected chi connectivity index (χ2v) is 4.88. The van der Waals surface area contributed by atoms with Gasteiger partial charge in [-0.1, -0.05) is 36.4 Å². The Balaban J connectivity index is 1.87. The molecule has 0 saturated carbocycles. The Labute approximate surface area is 123 Å². The average molecular weight is 287 g/mol. The topological polar surface area (TPSA) is 38.3 Å². The lowest BCUT2D eigenvalue weighted by Gasteiger charge is -2.12. The van der Waals surface area contributed by atoms with Crippen molar-refractivity contribution >= 4 is 5.91 Å². The Kier molecular flexibility index (Phi) is 4.93. The molecule has 110 valence electrons. The number of hydrogen-bond donors (Lipinski definition) is 1. The number of benzene rings is 2. The summed E-state index contributed by atoms with van der Waals surface area (Å²) >= 11 is 0. The summed E-state index contributed by atoms with van der Waals surface area (Å²) in [4.78, 5) is 11.8. The van der Waals surface area contributed by atoms with Gasteiger partial charge < -0.3 is 10.1 Å². The van der Waals surface area contributed by atoms with E-state index in [1.165, 1.54) is 6.07 Å². The first-order valence-electron chi connectivity index (χ1n) is 6.77. The van der Waals surface area contributed by atoms with E-state index in [9.17, 15) is 9.18 Å². The average Bonchev–Trinajstić information content (AvgIpc) is 2.46.